The summed E-state index contributed by atoms with van der Waals surface area (Å²) in [5, 5.41) is 14.2. The molecule has 2 N–H and O–H groups in total. The molecule has 4 heterocycles. The van der Waals surface area contributed by atoms with Crippen molar-refractivity contribution in [3.63, 3.8) is 0 Å². The van der Waals surface area contributed by atoms with Gasteiger partial charge in [-0.1, -0.05) is 59.1 Å². The number of fused-ring (bicyclic) bond motifs is 3. The average Bonchev–Trinajstić information content (AvgIpc) is 3.53. The maximum atomic E-state index is 6.57. The van der Waals surface area contributed by atoms with Crippen molar-refractivity contribution in [1.29, 1.82) is 0 Å². The van der Waals surface area contributed by atoms with Gasteiger partial charge >= 0.3 is 0 Å². The molecule has 1 saturated carbocycles. The van der Waals surface area contributed by atoms with Gasteiger partial charge < -0.3 is 5.73 Å². The minimum Gasteiger partial charge on any atom is -0.321 e. The number of aromatic nitrogens is 6. The highest BCUT2D eigenvalue weighted by molar-refractivity contribution is 7.05. The maximum absolute atomic E-state index is 6.57. The van der Waals surface area contributed by atoms with Gasteiger partial charge in [0.2, 0.25) is 0 Å². The summed E-state index contributed by atoms with van der Waals surface area (Å²) >= 11 is 1.36. The smallest absolute Gasteiger partial charge is 0.190 e. The van der Waals surface area contributed by atoms with E-state index in [1.807, 2.05) is 29.7 Å². The Labute approximate surface area is 211 Å². The second-order valence-corrected chi connectivity index (χ2v) is 10.4. The van der Waals surface area contributed by atoms with E-state index < -0.39 is 0 Å². The van der Waals surface area contributed by atoms with Crippen molar-refractivity contribution in [1.82, 2.24) is 29.2 Å². The van der Waals surface area contributed by atoms with Crippen LogP contribution in [0.25, 0.3) is 50.5 Å². The van der Waals surface area contributed by atoms with Crippen LogP contribution >= 0.6 is 11.5 Å². The number of rotatable bonds is 4. The highest BCUT2D eigenvalue weighted by atomic mass is 32.1. The summed E-state index contributed by atoms with van der Waals surface area (Å²) in [7, 11) is 0. The molecule has 8 heteroatoms. The minimum absolute atomic E-state index is 0.181. The fourth-order valence-electron chi connectivity index (χ4n) is 5.06. The zero-order valence-corrected chi connectivity index (χ0v) is 20.5. The van der Waals surface area contributed by atoms with Crippen molar-refractivity contribution in [3.05, 3.63) is 83.4 Å². The summed E-state index contributed by atoms with van der Waals surface area (Å²) in [5.74, 6) is 0.686. The number of pyridine rings is 2. The first-order chi connectivity index (χ1) is 17.6. The molecule has 0 aliphatic heterocycles. The zero-order chi connectivity index (χ0) is 24.3. The Morgan fingerprint density at radius 2 is 1.69 bits per heavy atom. The van der Waals surface area contributed by atoms with Crippen LogP contribution < -0.4 is 5.73 Å². The highest BCUT2D eigenvalue weighted by Gasteiger charge is 2.34. The largest absolute Gasteiger partial charge is 0.321 e. The lowest BCUT2D eigenvalue weighted by Gasteiger charge is -2.38. The maximum Gasteiger partial charge on any atom is 0.190 e. The van der Waals surface area contributed by atoms with E-state index in [-0.39, 0.29) is 5.54 Å². The molecular weight excluding hydrogens is 466 g/mol. The molecule has 0 atom stereocenters. The Morgan fingerprint density at radius 1 is 0.889 bits per heavy atom. The summed E-state index contributed by atoms with van der Waals surface area (Å²) in [6.45, 7) is 1.99. The SMILES string of the molecule is Cc1snnc1-c1nnc2c3cc(-c4ccccc4)c(-c4ccc(C5(N)CCC5)cc4)nc3ccn12. The Bertz CT molecular complexity index is 1730. The Hall–Kier alpha value is -4.01. The molecule has 2 aromatic carbocycles. The van der Waals surface area contributed by atoms with Crippen molar-refractivity contribution >= 4 is 28.1 Å². The Kier molecular flexibility index (Phi) is 4.74. The molecule has 7 nitrogen and oxygen atoms in total. The molecule has 36 heavy (non-hydrogen) atoms. The van der Waals surface area contributed by atoms with E-state index in [2.05, 4.69) is 74.4 Å². The van der Waals surface area contributed by atoms with E-state index in [9.17, 15) is 0 Å². The van der Waals surface area contributed by atoms with Gasteiger partial charge in [0, 0.05) is 28.2 Å². The van der Waals surface area contributed by atoms with Gasteiger partial charge in [-0.05, 0) is 61.0 Å². The van der Waals surface area contributed by atoms with Crippen LogP contribution in [0, 0.1) is 6.92 Å². The lowest BCUT2D eigenvalue weighted by Crippen LogP contribution is -2.43. The summed E-state index contributed by atoms with van der Waals surface area (Å²) in [5.41, 5.74) is 14.1. The van der Waals surface area contributed by atoms with Crippen molar-refractivity contribution in [2.45, 2.75) is 31.7 Å². The van der Waals surface area contributed by atoms with Crippen LogP contribution in [0.2, 0.25) is 0 Å². The van der Waals surface area contributed by atoms with Crippen LogP contribution in [0.4, 0.5) is 0 Å². The molecule has 0 bridgehead atoms. The summed E-state index contributed by atoms with van der Waals surface area (Å²) < 4.78 is 6.04. The van der Waals surface area contributed by atoms with Gasteiger partial charge in [0.1, 0.15) is 5.69 Å². The average molecular weight is 490 g/mol. The molecule has 4 aromatic heterocycles. The third-order valence-electron chi connectivity index (χ3n) is 7.30. The Balaban J connectivity index is 1.43. The lowest BCUT2D eigenvalue weighted by atomic mass is 9.72. The fraction of sp³-hybridized carbons (Fsp3) is 0.179. The molecule has 1 fully saturated rings. The number of benzene rings is 2. The van der Waals surface area contributed by atoms with Gasteiger partial charge in [-0.2, -0.15) is 0 Å². The number of aryl methyl sites for hydroxylation is 1. The molecule has 0 amide bonds. The fourth-order valence-corrected chi connectivity index (χ4v) is 5.52. The lowest BCUT2D eigenvalue weighted by molar-refractivity contribution is 0.253. The van der Waals surface area contributed by atoms with Gasteiger partial charge in [-0.3, -0.25) is 4.40 Å². The van der Waals surface area contributed by atoms with Crippen LogP contribution in [0.5, 0.6) is 0 Å². The van der Waals surface area contributed by atoms with Crippen molar-refractivity contribution in [2.24, 2.45) is 5.73 Å². The summed E-state index contributed by atoms with van der Waals surface area (Å²) in [6, 6.07) is 23.2. The molecule has 0 radical (unpaired) electrons. The van der Waals surface area contributed by atoms with Gasteiger partial charge in [-0.25, -0.2) is 4.98 Å². The second-order valence-electron chi connectivity index (χ2n) is 9.48. The van der Waals surface area contributed by atoms with Crippen LogP contribution in [0.3, 0.4) is 0 Å². The summed E-state index contributed by atoms with van der Waals surface area (Å²) in [6.07, 6.45) is 5.24. The van der Waals surface area contributed by atoms with Gasteiger partial charge in [0.25, 0.3) is 0 Å². The van der Waals surface area contributed by atoms with Crippen molar-refractivity contribution in [3.8, 4) is 33.9 Å². The quantitative estimate of drug-likeness (QED) is 0.337. The number of nitrogens with two attached hydrogens (primary N) is 1. The molecule has 7 rings (SSSR count). The molecule has 1 aliphatic carbocycles. The van der Waals surface area contributed by atoms with E-state index in [1.54, 1.807) is 0 Å². The minimum atomic E-state index is -0.181. The van der Waals surface area contributed by atoms with Crippen LogP contribution in [0.1, 0.15) is 29.7 Å². The predicted octanol–water partition coefficient (Wildman–Crippen LogP) is 5.78. The van der Waals surface area contributed by atoms with Gasteiger partial charge in [-0.15, -0.1) is 15.3 Å². The molecule has 176 valence electrons. The van der Waals surface area contributed by atoms with Crippen molar-refractivity contribution < 1.29 is 0 Å². The number of hydrogen-bond acceptors (Lipinski definition) is 7. The van der Waals surface area contributed by atoms with E-state index >= 15 is 0 Å². The predicted molar refractivity (Wildman–Crippen MR) is 143 cm³/mol. The molecular formula is C28H23N7S. The first kappa shape index (κ1) is 21.3. The zero-order valence-electron chi connectivity index (χ0n) is 19.7. The first-order valence-electron chi connectivity index (χ1n) is 12.0. The van der Waals surface area contributed by atoms with Gasteiger partial charge in [0.15, 0.2) is 11.5 Å². The van der Waals surface area contributed by atoms with Crippen LogP contribution in [-0.2, 0) is 5.54 Å². The Morgan fingerprint density at radius 3 is 2.39 bits per heavy atom. The van der Waals surface area contributed by atoms with Crippen LogP contribution in [-0.4, -0.2) is 29.2 Å². The van der Waals surface area contributed by atoms with Gasteiger partial charge in [0.05, 0.1) is 16.1 Å². The number of nitrogens with zero attached hydrogens (tertiary/aromatic N) is 6. The monoisotopic (exact) mass is 489 g/mol. The second kappa shape index (κ2) is 8.01. The molecule has 0 unspecified atom stereocenters. The molecule has 6 aromatic rings. The molecule has 0 saturated heterocycles. The summed E-state index contributed by atoms with van der Waals surface area (Å²) in [4.78, 5) is 6.16. The number of hydrogen-bond donors (Lipinski definition) is 1. The standard InChI is InChI=1S/C28H23N7S/c1-17-24(31-34-36-17)27-33-32-26-22-16-21(18-6-3-2-4-7-18)25(30-23(22)12-15-35(26)27)19-8-10-20(11-9-19)28(29)13-5-14-28/h2-4,6-12,15-16H,5,13-14,29H2,1H3. The highest BCUT2D eigenvalue weighted by Crippen LogP contribution is 2.40. The molecule has 0 spiro atoms. The van der Waals surface area contributed by atoms with E-state index in [0.29, 0.717) is 5.82 Å². The third kappa shape index (κ3) is 3.26. The van der Waals surface area contributed by atoms with E-state index in [1.165, 1.54) is 23.5 Å². The van der Waals surface area contributed by atoms with E-state index in [0.717, 1.165) is 62.3 Å². The van der Waals surface area contributed by atoms with E-state index in [4.69, 9.17) is 10.7 Å². The van der Waals surface area contributed by atoms with Crippen molar-refractivity contribution in [2.75, 3.05) is 0 Å². The molecule has 1 aliphatic rings. The van der Waals surface area contributed by atoms with Crippen LogP contribution in [0.15, 0.2) is 72.9 Å². The first-order valence-corrected chi connectivity index (χ1v) is 12.8. The third-order valence-corrected chi connectivity index (χ3v) is 7.93. The normalized spacial score (nSPS) is 14.8. The topological polar surface area (TPSA) is 94.9 Å².